The van der Waals surface area contributed by atoms with Gasteiger partial charge >= 0.3 is 0 Å². The molecule has 1 aromatic heterocycles. The smallest absolute Gasteiger partial charge is 0.206 e. The van der Waals surface area contributed by atoms with Crippen LogP contribution in [0.5, 0.6) is 5.75 Å². The lowest BCUT2D eigenvalue weighted by Crippen LogP contribution is -2.01. The maximum Gasteiger partial charge on any atom is 0.206 e. The van der Waals surface area contributed by atoms with Crippen LogP contribution in [0.3, 0.4) is 0 Å². The second-order valence-electron chi connectivity index (χ2n) is 4.47. The SMILES string of the molecule is COc1ccc(Cl)cc1C(=O)c1cc2ccc(F)cc2s1. The Kier molecular flexibility index (Phi) is 3.66. The second kappa shape index (κ2) is 5.47. The number of halogens is 2. The summed E-state index contributed by atoms with van der Waals surface area (Å²) in [4.78, 5) is 13.1. The van der Waals surface area contributed by atoms with Crippen LogP contribution >= 0.6 is 22.9 Å². The summed E-state index contributed by atoms with van der Waals surface area (Å²) in [5.74, 6) is -0.0346. The monoisotopic (exact) mass is 320 g/mol. The van der Waals surface area contributed by atoms with E-state index in [1.807, 2.05) is 0 Å². The molecule has 0 aliphatic rings. The Labute approximate surface area is 129 Å². The fourth-order valence-electron chi connectivity index (χ4n) is 2.11. The second-order valence-corrected chi connectivity index (χ2v) is 5.99. The van der Waals surface area contributed by atoms with E-state index < -0.39 is 0 Å². The van der Waals surface area contributed by atoms with Gasteiger partial charge in [0, 0.05) is 9.72 Å². The average molecular weight is 321 g/mol. The van der Waals surface area contributed by atoms with E-state index in [2.05, 4.69) is 0 Å². The zero-order chi connectivity index (χ0) is 15.0. The number of hydrogen-bond acceptors (Lipinski definition) is 3. The first-order valence-corrected chi connectivity index (χ1v) is 7.35. The number of carbonyl (C=O) groups is 1. The maximum atomic E-state index is 13.2. The molecule has 0 aliphatic heterocycles. The lowest BCUT2D eigenvalue weighted by atomic mass is 10.1. The summed E-state index contributed by atoms with van der Waals surface area (Å²) in [5.41, 5.74) is 0.400. The molecule has 0 unspecified atom stereocenters. The molecule has 0 saturated carbocycles. The predicted octanol–water partition coefficient (Wildman–Crippen LogP) is 4.93. The zero-order valence-corrected chi connectivity index (χ0v) is 12.6. The number of fused-ring (bicyclic) bond motifs is 1. The van der Waals surface area contributed by atoms with E-state index in [1.54, 1.807) is 30.3 Å². The molecule has 0 saturated heterocycles. The van der Waals surface area contributed by atoms with Crippen LogP contribution in [-0.2, 0) is 0 Å². The minimum Gasteiger partial charge on any atom is -0.496 e. The van der Waals surface area contributed by atoms with Gasteiger partial charge in [0.15, 0.2) is 0 Å². The van der Waals surface area contributed by atoms with Crippen molar-refractivity contribution in [3.8, 4) is 5.75 Å². The molecule has 2 aromatic carbocycles. The number of thiophene rings is 1. The first kappa shape index (κ1) is 14.0. The Morgan fingerprint density at radius 1 is 1.19 bits per heavy atom. The predicted molar refractivity (Wildman–Crippen MR) is 83.2 cm³/mol. The van der Waals surface area contributed by atoms with Gasteiger partial charge < -0.3 is 4.74 Å². The van der Waals surface area contributed by atoms with Crippen molar-refractivity contribution in [1.82, 2.24) is 0 Å². The molecule has 106 valence electrons. The highest BCUT2D eigenvalue weighted by Gasteiger charge is 2.17. The van der Waals surface area contributed by atoms with Crippen LogP contribution < -0.4 is 4.74 Å². The van der Waals surface area contributed by atoms with Crippen LogP contribution in [0.2, 0.25) is 5.02 Å². The van der Waals surface area contributed by atoms with E-state index in [0.29, 0.717) is 21.2 Å². The summed E-state index contributed by atoms with van der Waals surface area (Å²) in [6, 6.07) is 11.1. The molecular formula is C16H10ClFO2S. The van der Waals surface area contributed by atoms with Gasteiger partial charge in [-0.1, -0.05) is 17.7 Å². The van der Waals surface area contributed by atoms with Crippen molar-refractivity contribution in [3.63, 3.8) is 0 Å². The average Bonchev–Trinajstić information content (AvgIpc) is 2.89. The molecule has 0 N–H and O–H groups in total. The van der Waals surface area contributed by atoms with E-state index in [1.165, 1.54) is 30.6 Å². The third-order valence-electron chi connectivity index (χ3n) is 3.11. The minimum atomic E-state index is -0.316. The van der Waals surface area contributed by atoms with Crippen molar-refractivity contribution in [2.24, 2.45) is 0 Å². The topological polar surface area (TPSA) is 26.3 Å². The molecule has 2 nitrogen and oxygen atoms in total. The van der Waals surface area contributed by atoms with Gasteiger partial charge in [0.25, 0.3) is 0 Å². The Morgan fingerprint density at radius 2 is 2.00 bits per heavy atom. The molecule has 5 heteroatoms. The Hall–Kier alpha value is -1.91. The summed E-state index contributed by atoms with van der Waals surface area (Å²) in [7, 11) is 1.50. The fraction of sp³-hybridized carbons (Fsp3) is 0.0625. The number of ether oxygens (including phenoxy) is 1. The van der Waals surface area contributed by atoms with Crippen LogP contribution in [0.1, 0.15) is 15.2 Å². The van der Waals surface area contributed by atoms with E-state index in [-0.39, 0.29) is 11.6 Å². The van der Waals surface area contributed by atoms with Gasteiger partial charge in [0.05, 0.1) is 17.6 Å². The van der Waals surface area contributed by atoms with Crippen molar-refractivity contribution in [2.75, 3.05) is 7.11 Å². The highest BCUT2D eigenvalue weighted by atomic mass is 35.5. The molecule has 21 heavy (non-hydrogen) atoms. The Morgan fingerprint density at radius 3 is 2.76 bits per heavy atom. The quantitative estimate of drug-likeness (QED) is 0.639. The molecule has 0 atom stereocenters. The molecule has 3 aromatic rings. The van der Waals surface area contributed by atoms with Crippen molar-refractivity contribution in [3.05, 3.63) is 63.7 Å². The molecular weight excluding hydrogens is 311 g/mol. The summed E-state index contributed by atoms with van der Waals surface area (Å²) in [5, 5.41) is 1.30. The van der Waals surface area contributed by atoms with Crippen molar-refractivity contribution in [2.45, 2.75) is 0 Å². The van der Waals surface area contributed by atoms with Crippen molar-refractivity contribution < 1.29 is 13.9 Å². The third-order valence-corrected chi connectivity index (χ3v) is 4.44. The highest BCUT2D eigenvalue weighted by molar-refractivity contribution is 7.21. The number of methoxy groups -OCH3 is 1. The minimum absolute atomic E-state index is 0.184. The fourth-order valence-corrected chi connectivity index (χ4v) is 3.32. The molecule has 0 aliphatic carbocycles. The van der Waals surface area contributed by atoms with Crippen LogP contribution in [-0.4, -0.2) is 12.9 Å². The van der Waals surface area contributed by atoms with Gasteiger partial charge in [-0.05, 0) is 41.8 Å². The van der Waals surface area contributed by atoms with Gasteiger partial charge in [-0.3, -0.25) is 4.79 Å². The lowest BCUT2D eigenvalue weighted by Gasteiger charge is -2.06. The number of benzene rings is 2. The maximum absolute atomic E-state index is 13.2. The van der Waals surface area contributed by atoms with E-state index in [0.717, 1.165) is 10.1 Å². The summed E-state index contributed by atoms with van der Waals surface area (Å²) >= 11 is 7.20. The zero-order valence-electron chi connectivity index (χ0n) is 11.0. The van der Waals surface area contributed by atoms with Gasteiger partial charge in [-0.15, -0.1) is 11.3 Å². The number of carbonyl (C=O) groups excluding carboxylic acids is 1. The van der Waals surface area contributed by atoms with Crippen LogP contribution in [0.25, 0.3) is 10.1 Å². The van der Waals surface area contributed by atoms with Crippen molar-refractivity contribution >= 4 is 38.8 Å². The van der Waals surface area contributed by atoms with Crippen LogP contribution in [0, 0.1) is 5.82 Å². The van der Waals surface area contributed by atoms with Crippen LogP contribution in [0.4, 0.5) is 4.39 Å². The third kappa shape index (κ3) is 2.64. The number of hydrogen-bond donors (Lipinski definition) is 0. The van der Waals surface area contributed by atoms with Crippen molar-refractivity contribution in [1.29, 1.82) is 0 Å². The molecule has 0 fully saturated rings. The van der Waals surface area contributed by atoms with Crippen LogP contribution in [0.15, 0.2) is 42.5 Å². The molecule has 1 heterocycles. The molecule has 3 rings (SSSR count). The summed E-state index contributed by atoms with van der Waals surface area (Å²) < 4.78 is 19.2. The first-order chi connectivity index (χ1) is 10.1. The Bertz CT molecular complexity index is 841. The van der Waals surface area contributed by atoms with E-state index in [9.17, 15) is 9.18 Å². The lowest BCUT2D eigenvalue weighted by molar-refractivity contribution is 0.103. The Balaban J connectivity index is 2.10. The number of rotatable bonds is 3. The first-order valence-electron chi connectivity index (χ1n) is 6.16. The normalized spacial score (nSPS) is 10.8. The molecule has 0 radical (unpaired) electrons. The van der Waals surface area contributed by atoms with Gasteiger partial charge in [0.1, 0.15) is 11.6 Å². The molecule has 0 amide bonds. The van der Waals surface area contributed by atoms with Gasteiger partial charge in [0.2, 0.25) is 5.78 Å². The summed E-state index contributed by atoms with van der Waals surface area (Å²) in [6.45, 7) is 0. The molecule has 0 spiro atoms. The van der Waals surface area contributed by atoms with E-state index >= 15 is 0 Å². The van der Waals surface area contributed by atoms with E-state index in [4.69, 9.17) is 16.3 Å². The largest absolute Gasteiger partial charge is 0.496 e. The number of ketones is 1. The van der Waals surface area contributed by atoms with Gasteiger partial charge in [-0.25, -0.2) is 4.39 Å². The highest BCUT2D eigenvalue weighted by Crippen LogP contribution is 2.31. The standard InChI is InChI=1S/C16H10ClFO2S/c1-20-13-5-3-10(17)7-12(13)16(19)15-6-9-2-4-11(18)8-14(9)21-15/h2-8H,1H3. The molecule has 0 bridgehead atoms. The van der Waals surface area contributed by atoms with Gasteiger partial charge in [-0.2, -0.15) is 0 Å². The summed E-state index contributed by atoms with van der Waals surface area (Å²) in [6.07, 6.45) is 0.